The van der Waals surface area contributed by atoms with Crippen LogP contribution in [-0.2, 0) is 0 Å². The summed E-state index contributed by atoms with van der Waals surface area (Å²) in [6, 6.07) is 1.89. The number of carbonyl (C=O) groups is 1. The van der Waals surface area contributed by atoms with Gasteiger partial charge in [-0.25, -0.2) is 9.50 Å². The highest BCUT2D eigenvalue weighted by Crippen LogP contribution is 2.20. The third-order valence-electron chi connectivity index (χ3n) is 4.32. The van der Waals surface area contributed by atoms with Crippen molar-refractivity contribution in [3.8, 4) is 0 Å². The average molecular weight is 301 g/mol. The largest absolute Gasteiger partial charge is 0.338 e. The van der Waals surface area contributed by atoms with Gasteiger partial charge in [-0.1, -0.05) is 6.92 Å². The molecule has 1 fully saturated rings. The summed E-state index contributed by atoms with van der Waals surface area (Å²) in [5.41, 5.74) is 2.15. The molecule has 1 aliphatic rings. The lowest BCUT2D eigenvalue weighted by molar-refractivity contribution is 0.0692. The molecule has 6 nitrogen and oxygen atoms in total. The van der Waals surface area contributed by atoms with Crippen LogP contribution in [0.5, 0.6) is 0 Å². The number of likely N-dealkylation sites (tertiary alicyclic amines) is 1. The Balaban J connectivity index is 1.70. The molecule has 6 heteroatoms. The molecule has 118 valence electrons. The topological polar surface area (TPSA) is 62.5 Å². The van der Waals surface area contributed by atoms with Crippen molar-refractivity contribution in [3.63, 3.8) is 0 Å². The van der Waals surface area contributed by atoms with E-state index in [9.17, 15) is 4.79 Å². The smallest absolute Gasteiger partial charge is 0.259 e. The predicted molar refractivity (Wildman–Crippen MR) is 84.9 cm³/mol. The lowest BCUT2D eigenvalue weighted by Crippen LogP contribution is -2.40. The molecule has 2 aromatic heterocycles. The fourth-order valence-corrected chi connectivity index (χ4v) is 2.97. The number of hydrogen-bond donors (Lipinski definition) is 1. The Labute approximate surface area is 130 Å². The van der Waals surface area contributed by atoms with Crippen molar-refractivity contribution in [1.82, 2.24) is 24.8 Å². The van der Waals surface area contributed by atoms with Gasteiger partial charge in [0.15, 0.2) is 5.65 Å². The molecule has 0 unspecified atom stereocenters. The van der Waals surface area contributed by atoms with Gasteiger partial charge in [-0.05, 0) is 44.8 Å². The fourth-order valence-electron chi connectivity index (χ4n) is 2.97. The van der Waals surface area contributed by atoms with Crippen LogP contribution in [0.1, 0.15) is 35.8 Å². The van der Waals surface area contributed by atoms with Crippen LogP contribution in [0.3, 0.4) is 0 Å². The van der Waals surface area contributed by atoms with Crippen molar-refractivity contribution in [2.75, 3.05) is 26.2 Å². The lowest BCUT2D eigenvalue weighted by atomic mass is 9.96. The predicted octanol–water partition coefficient (Wildman–Crippen LogP) is 1.50. The van der Waals surface area contributed by atoms with Crippen molar-refractivity contribution in [3.05, 3.63) is 29.7 Å². The van der Waals surface area contributed by atoms with Gasteiger partial charge in [0.05, 0.1) is 6.20 Å². The number of piperidine rings is 1. The van der Waals surface area contributed by atoms with E-state index in [2.05, 4.69) is 22.3 Å². The fraction of sp³-hybridized carbons (Fsp3) is 0.562. The Bertz CT molecular complexity index is 658. The first kappa shape index (κ1) is 15.0. The van der Waals surface area contributed by atoms with E-state index in [0.29, 0.717) is 17.1 Å². The van der Waals surface area contributed by atoms with E-state index in [1.54, 1.807) is 10.7 Å². The van der Waals surface area contributed by atoms with Gasteiger partial charge in [0.25, 0.3) is 5.91 Å². The van der Waals surface area contributed by atoms with Crippen molar-refractivity contribution in [2.24, 2.45) is 5.92 Å². The van der Waals surface area contributed by atoms with Crippen LogP contribution >= 0.6 is 0 Å². The van der Waals surface area contributed by atoms with E-state index in [1.807, 2.05) is 24.1 Å². The Kier molecular flexibility index (Phi) is 4.38. The number of amides is 1. The highest BCUT2D eigenvalue weighted by Gasteiger charge is 2.25. The first-order chi connectivity index (χ1) is 10.7. The molecule has 1 saturated heterocycles. The van der Waals surface area contributed by atoms with Gasteiger partial charge in [-0.15, -0.1) is 0 Å². The summed E-state index contributed by atoms with van der Waals surface area (Å²) in [7, 11) is 0. The van der Waals surface area contributed by atoms with Crippen LogP contribution < -0.4 is 5.32 Å². The number of rotatable bonds is 4. The molecule has 1 N–H and O–H groups in total. The minimum absolute atomic E-state index is 0.0509. The maximum absolute atomic E-state index is 12.7. The molecule has 0 saturated carbocycles. The highest BCUT2D eigenvalue weighted by molar-refractivity contribution is 5.99. The first-order valence-electron chi connectivity index (χ1n) is 8.00. The summed E-state index contributed by atoms with van der Waals surface area (Å²) < 4.78 is 1.66. The minimum Gasteiger partial charge on any atom is -0.338 e. The Hall–Kier alpha value is -1.95. The molecular weight excluding hydrogens is 278 g/mol. The van der Waals surface area contributed by atoms with E-state index in [1.165, 1.54) is 0 Å². The van der Waals surface area contributed by atoms with E-state index in [0.717, 1.165) is 44.7 Å². The molecule has 3 rings (SSSR count). The lowest BCUT2D eigenvalue weighted by Gasteiger charge is -2.31. The summed E-state index contributed by atoms with van der Waals surface area (Å²) in [6.07, 6.45) is 5.60. The van der Waals surface area contributed by atoms with Crippen molar-refractivity contribution in [1.29, 1.82) is 0 Å². The molecule has 0 aliphatic carbocycles. The van der Waals surface area contributed by atoms with Gasteiger partial charge in [0.2, 0.25) is 0 Å². The van der Waals surface area contributed by atoms with Gasteiger partial charge in [0, 0.05) is 25.0 Å². The van der Waals surface area contributed by atoms with Crippen molar-refractivity contribution < 1.29 is 4.79 Å². The first-order valence-corrected chi connectivity index (χ1v) is 8.00. The molecule has 3 heterocycles. The number of hydrogen-bond acceptors (Lipinski definition) is 4. The Morgan fingerprint density at radius 2 is 2.18 bits per heavy atom. The maximum Gasteiger partial charge on any atom is 0.259 e. The zero-order valence-electron chi connectivity index (χ0n) is 13.2. The number of fused-ring (bicyclic) bond motifs is 1. The Morgan fingerprint density at radius 3 is 2.91 bits per heavy atom. The molecular formula is C16H23N5O. The third kappa shape index (κ3) is 2.97. The zero-order chi connectivity index (χ0) is 15.5. The molecule has 0 spiro atoms. The quantitative estimate of drug-likeness (QED) is 0.929. The maximum atomic E-state index is 12.7. The van der Waals surface area contributed by atoms with Gasteiger partial charge in [-0.3, -0.25) is 4.79 Å². The van der Waals surface area contributed by atoms with Crippen LogP contribution in [0.25, 0.3) is 5.65 Å². The monoisotopic (exact) mass is 301 g/mol. The summed E-state index contributed by atoms with van der Waals surface area (Å²) in [6.45, 7) is 7.74. The van der Waals surface area contributed by atoms with Gasteiger partial charge in [-0.2, -0.15) is 5.10 Å². The number of carbonyl (C=O) groups excluding carboxylic acids is 1. The summed E-state index contributed by atoms with van der Waals surface area (Å²) in [5.74, 6) is 0.725. The minimum atomic E-state index is 0.0509. The van der Waals surface area contributed by atoms with Crippen LogP contribution in [-0.4, -0.2) is 51.6 Å². The number of nitrogens with one attached hydrogen (secondary N) is 1. The summed E-state index contributed by atoms with van der Waals surface area (Å²) in [5, 5.41) is 7.62. The van der Waals surface area contributed by atoms with Gasteiger partial charge in [0.1, 0.15) is 5.56 Å². The van der Waals surface area contributed by atoms with Crippen LogP contribution in [0.2, 0.25) is 0 Å². The summed E-state index contributed by atoms with van der Waals surface area (Å²) in [4.78, 5) is 19.1. The normalized spacial score (nSPS) is 16.4. The molecule has 1 aliphatic heterocycles. The number of aryl methyl sites for hydroxylation is 1. The zero-order valence-corrected chi connectivity index (χ0v) is 13.2. The molecule has 0 bridgehead atoms. The number of aromatic nitrogens is 3. The van der Waals surface area contributed by atoms with Crippen LogP contribution in [0.15, 0.2) is 18.5 Å². The molecule has 0 radical (unpaired) electrons. The van der Waals surface area contributed by atoms with Crippen molar-refractivity contribution in [2.45, 2.75) is 26.7 Å². The van der Waals surface area contributed by atoms with Crippen molar-refractivity contribution >= 4 is 11.6 Å². The second kappa shape index (κ2) is 6.44. The average Bonchev–Trinajstić information content (AvgIpc) is 2.95. The molecule has 0 atom stereocenters. The molecule has 1 amide bonds. The SMILES string of the molecule is CCNCC1CCN(C(=O)c2cnn3ccc(C)nc23)CC1. The second-order valence-electron chi connectivity index (χ2n) is 5.94. The second-order valence-corrected chi connectivity index (χ2v) is 5.94. The highest BCUT2D eigenvalue weighted by atomic mass is 16.2. The van der Waals surface area contributed by atoms with Gasteiger partial charge < -0.3 is 10.2 Å². The van der Waals surface area contributed by atoms with E-state index < -0.39 is 0 Å². The van der Waals surface area contributed by atoms with Gasteiger partial charge >= 0.3 is 0 Å². The molecule has 2 aromatic rings. The number of nitrogens with zero attached hydrogens (tertiary/aromatic N) is 4. The summed E-state index contributed by atoms with van der Waals surface area (Å²) >= 11 is 0. The Morgan fingerprint density at radius 1 is 1.41 bits per heavy atom. The standard InChI is InChI=1S/C16H23N5O/c1-3-17-10-13-5-7-20(8-6-13)16(22)14-11-18-21-9-4-12(2)19-15(14)21/h4,9,11,13,17H,3,5-8,10H2,1-2H3. The van der Waals surface area contributed by atoms with Crippen LogP contribution in [0, 0.1) is 12.8 Å². The van der Waals surface area contributed by atoms with E-state index in [-0.39, 0.29) is 5.91 Å². The molecule has 22 heavy (non-hydrogen) atoms. The van der Waals surface area contributed by atoms with E-state index >= 15 is 0 Å². The molecule has 0 aromatic carbocycles. The third-order valence-corrected chi connectivity index (χ3v) is 4.32. The van der Waals surface area contributed by atoms with Crippen LogP contribution in [0.4, 0.5) is 0 Å². The van der Waals surface area contributed by atoms with E-state index in [4.69, 9.17) is 0 Å².